The third-order valence-electron chi connectivity index (χ3n) is 5.63. The molecule has 2 heterocycles. The number of benzene rings is 1. The number of cyclic esters (lactones) is 1. The smallest absolute Gasteiger partial charge is 0.410 e. The molecule has 0 aliphatic carbocycles. The molecule has 1 aromatic carbocycles. The van der Waals surface area contributed by atoms with Gasteiger partial charge in [0, 0.05) is 18.7 Å². The van der Waals surface area contributed by atoms with E-state index in [-0.39, 0.29) is 18.2 Å². The predicted molar refractivity (Wildman–Crippen MR) is 120 cm³/mol. The topological polar surface area (TPSA) is 107 Å². The molecule has 176 valence electrons. The molecule has 2 atom stereocenters. The molecule has 0 radical (unpaired) electrons. The van der Waals surface area contributed by atoms with Crippen LogP contribution in [0, 0.1) is 5.92 Å². The zero-order valence-electron chi connectivity index (χ0n) is 18.9. The second-order valence-corrected chi connectivity index (χ2v) is 8.41. The molecule has 2 aliphatic heterocycles. The van der Waals surface area contributed by atoms with E-state index < -0.39 is 11.9 Å². The fraction of sp³-hybridized carbons (Fsp3) is 0.542. The summed E-state index contributed by atoms with van der Waals surface area (Å²) in [5.74, 6) is -2.14. The fourth-order valence-corrected chi connectivity index (χ4v) is 4.18. The predicted octanol–water partition coefficient (Wildman–Crippen LogP) is 3.79. The molecule has 1 amide bonds. The van der Waals surface area contributed by atoms with Gasteiger partial charge in [-0.15, -0.1) is 0 Å². The quantitative estimate of drug-likeness (QED) is 0.585. The summed E-state index contributed by atoms with van der Waals surface area (Å²) in [4.78, 5) is 36.0. The number of rotatable bonds is 8. The molecule has 32 heavy (non-hydrogen) atoms. The molecule has 2 saturated heterocycles. The van der Waals surface area contributed by atoms with Crippen LogP contribution in [0.3, 0.4) is 0 Å². The number of piperidine rings is 1. The van der Waals surface area contributed by atoms with Crippen molar-refractivity contribution in [2.24, 2.45) is 5.92 Å². The van der Waals surface area contributed by atoms with Gasteiger partial charge in [-0.05, 0) is 50.4 Å². The van der Waals surface area contributed by atoms with E-state index in [4.69, 9.17) is 14.9 Å². The van der Waals surface area contributed by atoms with Gasteiger partial charge in [0.15, 0.2) is 0 Å². The fourth-order valence-electron chi connectivity index (χ4n) is 4.18. The third kappa shape index (κ3) is 8.00. The van der Waals surface area contributed by atoms with Crippen LogP contribution in [0.1, 0.15) is 51.2 Å². The molecule has 0 saturated carbocycles. The number of carboxylic acids is 2. The van der Waals surface area contributed by atoms with Gasteiger partial charge in [-0.1, -0.05) is 50.6 Å². The monoisotopic (exact) mass is 446 g/mol. The van der Waals surface area contributed by atoms with Gasteiger partial charge in [-0.2, -0.15) is 0 Å². The maximum Gasteiger partial charge on any atom is 0.410 e. The number of amides is 1. The highest BCUT2D eigenvalue weighted by atomic mass is 16.6. The van der Waals surface area contributed by atoms with Crippen LogP contribution < -0.4 is 0 Å². The third-order valence-corrected chi connectivity index (χ3v) is 5.63. The Hall–Kier alpha value is -2.87. The summed E-state index contributed by atoms with van der Waals surface area (Å²) in [5.41, 5.74) is 1.10. The van der Waals surface area contributed by atoms with Crippen LogP contribution >= 0.6 is 0 Å². The van der Waals surface area contributed by atoms with Gasteiger partial charge in [0.1, 0.15) is 6.10 Å². The Bertz CT molecular complexity index is 758. The highest BCUT2D eigenvalue weighted by Gasteiger charge is 2.43. The lowest BCUT2D eigenvalue weighted by Crippen LogP contribution is -2.40. The van der Waals surface area contributed by atoms with Crippen LogP contribution in [-0.2, 0) is 14.3 Å². The largest absolute Gasteiger partial charge is 0.478 e. The highest BCUT2D eigenvalue weighted by molar-refractivity contribution is 5.89. The lowest BCUT2D eigenvalue weighted by Gasteiger charge is -2.30. The molecule has 2 aliphatic rings. The average molecular weight is 447 g/mol. The molecular weight excluding hydrogens is 412 g/mol. The van der Waals surface area contributed by atoms with E-state index in [2.05, 4.69) is 30.9 Å². The average Bonchev–Trinajstić information content (AvgIpc) is 3.11. The van der Waals surface area contributed by atoms with E-state index in [0.29, 0.717) is 18.1 Å². The second kappa shape index (κ2) is 12.9. The highest BCUT2D eigenvalue weighted by Crippen LogP contribution is 2.36. The minimum absolute atomic E-state index is 0.126. The van der Waals surface area contributed by atoms with Gasteiger partial charge < -0.3 is 24.7 Å². The Labute approximate surface area is 189 Å². The first-order chi connectivity index (χ1) is 15.3. The molecular formula is C24H34N2O6. The number of carbonyl (C=O) groups excluding carboxylic acids is 1. The van der Waals surface area contributed by atoms with Crippen molar-refractivity contribution < 1.29 is 29.3 Å². The van der Waals surface area contributed by atoms with Crippen molar-refractivity contribution in [1.82, 2.24) is 9.80 Å². The first-order valence-electron chi connectivity index (χ1n) is 11.2. The summed E-state index contributed by atoms with van der Waals surface area (Å²) >= 11 is 0. The summed E-state index contributed by atoms with van der Waals surface area (Å²) in [6.45, 7) is 8.67. The molecule has 0 spiro atoms. The Balaban J connectivity index is 0.000000390. The lowest BCUT2D eigenvalue weighted by molar-refractivity contribution is -0.134. The first kappa shape index (κ1) is 25.4. The van der Waals surface area contributed by atoms with Crippen molar-refractivity contribution in [3.8, 4) is 0 Å². The molecule has 0 bridgehead atoms. The molecule has 2 fully saturated rings. The molecule has 2 unspecified atom stereocenters. The SMILES string of the molecule is CC(C)C1C(c2ccccc2)OC(=O)N1CCCN1CCCCC1.O=C(O)/C=C/C(=O)O. The summed E-state index contributed by atoms with van der Waals surface area (Å²) in [6, 6.07) is 10.3. The normalized spacial score (nSPS) is 21.3. The number of nitrogens with zero attached hydrogens (tertiary/aromatic N) is 2. The van der Waals surface area contributed by atoms with Gasteiger partial charge in [-0.3, -0.25) is 0 Å². The van der Waals surface area contributed by atoms with Crippen molar-refractivity contribution >= 4 is 18.0 Å². The van der Waals surface area contributed by atoms with E-state index in [1.807, 2.05) is 23.1 Å². The summed E-state index contributed by atoms with van der Waals surface area (Å²) in [5, 5.41) is 15.6. The number of likely N-dealkylation sites (tertiary alicyclic amines) is 1. The molecule has 8 heteroatoms. The number of ether oxygens (including phenoxy) is 1. The second-order valence-electron chi connectivity index (χ2n) is 8.41. The maximum atomic E-state index is 12.4. The zero-order chi connectivity index (χ0) is 23.5. The molecule has 2 N–H and O–H groups in total. The van der Waals surface area contributed by atoms with Gasteiger partial charge in [0.2, 0.25) is 0 Å². The van der Waals surface area contributed by atoms with E-state index >= 15 is 0 Å². The molecule has 8 nitrogen and oxygen atoms in total. The number of carboxylic acid groups (broad SMARTS) is 2. The lowest BCUT2D eigenvalue weighted by atomic mass is 9.93. The minimum Gasteiger partial charge on any atom is -0.478 e. The van der Waals surface area contributed by atoms with E-state index in [9.17, 15) is 14.4 Å². The van der Waals surface area contributed by atoms with Crippen LogP contribution in [0.25, 0.3) is 0 Å². The summed E-state index contributed by atoms with van der Waals surface area (Å²) < 4.78 is 5.75. The number of carbonyl (C=O) groups is 3. The van der Waals surface area contributed by atoms with Crippen molar-refractivity contribution in [2.75, 3.05) is 26.2 Å². The van der Waals surface area contributed by atoms with E-state index in [1.165, 1.54) is 32.4 Å². The standard InChI is InChI=1S/C20H30N2O2.C4H4O4/c1-16(2)18-19(17-10-5-3-6-11-17)24-20(23)22(18)15-9-14-21-12-7-4-8-13-21;5-3(6)1-2-4(7)8/h3,5-6,10-11,16,18-19H,4,7-9,12-15H2,1-2H3;1-2H,(H,5,6)(H,7,8)/b;2-1+. The summed E-state index contributed by atoms with van der Waals surface area (Å²) in [6.07, 6.45) is 5.84. The van der Waals surface area contributed by atoms with Crippen LogP contribution in [-0.4, -0.2) is 70.3 Å². The van der Waals surface area contributed by atoms with Crippen LogP contribution in [0.5, 0.6) is 0 Å². The molecule has 1 aromatic rings. The van der Waals surface area contributed by atoms with Gasteiger partial charge >= 0.3 is 18.0 Å². The van der Waals surface area contributed by atoms with E-state index in [0.717, 1.165) is 25.1 Å². The maximum absolute atomic E-state index is 12.4. The Morgan fingerprint density at radius 1 is 1.03 bits per heavy atom. The Morgan fingerprint density at radius 3 is 2.16 bits per heavy atom. The van der Waals surface area contributed by atoms with E-state index in [1.54, 1.807) is 0 Å². The summed E-state index contributed by atoms with van der Waals surface area (Å²) in [7, 11) is 0. The Morgan fingerprint density at radius 2 is 1.62 bits per heavy atom. The van der Waals surface area contributed by atoms with Crippen LogP contribution in [0.2, 0.25) is 0 Å². The minimum atomic E-state index is -1.26. The number of aliphatic carboxylic acids is 2. The van der Waals surface area contributed by atoms with Crippen LogP contribution in [0.4, 0.5) is 4.79 Å². The molecule has 0 aromatic heterocycles. The zero-order valence-corrected chi connectivity index (χ0v) is 18.9. The van der Waals surface area contributed by atoms with Crippen LogP contribution in [0.15, 0.2) is 42.5 Å². The van der Waals surface area contributed by atoms with Crippen molar-refractivity contribution in [3.63, 3.8) is 0 Å². The van der Waals surface area contributed by atoms with Gasteiger partial charge in [0.05, 0.1) is 6.04 Å². The molecule has 3 rings (SSSR count). The first-order valence-corrected chi connectivity index (χ1v) is 11.2. The van der Waals surface area contributed by atoms with Gasteiger partial charge in [-0.25, -0.2) is 14.4 Å². The van der Waals surface area contributed by atoms with Gasteiger partial charge in [0.25, 0.3) is 0 Å². The van der Waals surface area contributed by atoms with Crippen molar-refractivity contribution in [2.45, 2.75) is 51.7 Å². The Kier molecular flexibility index (Phi) is 10.2. The van der Waals surface area contributed by atoms with Crippen molar-refractivity contribution in [3.05, 3.63) is 48.0 Å². The number of hydrogen-bond donors (Lipinski definition) is 2. The number of hydrogen-bond acceptors (Lipinski definition) is 5. The van der Waals surface area contributed by atoms with Crippen molar-refractivity contribution in [1.29, 1.82) is 0 Å².